The summed E-state index contributed by atoms with van der Waals surface area (Å²) in [6.07, 6.45) is 1.48. The molecule has 0 amide bonds. The van der Waals surface area contributed by atoms with Gasteiger partial charge in [0.15, 0.2) is 0 Å². The normalized spacial score (nSPS) is 27.6. The lowest BCUT2D eigenvalue weighted by molar-refractivity contribution is -0.0877. The molecule has 2 fully saturated rings. The maximum atomic E-state index is 10.0. The largest absolute Gasteiger partial charge is 0.378 e. The maximum absolute atomic E-state index is 10.0. The van der Waals surface area contributed by atoms with Gasteiger partial charge in [-0.25, -0.2) is 0 Å². The first-order valence-corrected chi connectivity index (χ1v) is 5.70. The molecule has 1 N–H and O–H groups in total. The highest BCUT2D eigenvalue weighted by Crippen LogP contribution is 2.24. The Morgan fingerprint density at radius 1 is 1.36 bits per heavy atom. The van der Waals surface area contributed by atoms with Crippen molar-refractivity contribution in [1.29, 1.82) is 0 Å². The number of ether oxygens (including phenoxy) is 1. The highest BCUT2D eigenvalue weighted by atomic mass is 79.9. The van der Waals surface area contributed by atoms with Crippen LogP contribution < -0.4 is 0 Å². The third-order valence-electron chi connectivity index (χ3n) is 3.04. The Morgan fingerprint density at radius 2 is 2.00 bits per heavy atom. The molecule has 78 valence electrons. The maximum Gasteiger partial charge on any atom is 0.128 e. The molecule has 2 rings (SSSR count). The summed E-state index contributed by atoms with van der Waals surface area (Å²) in [6.45, 7) is 3.55. The molecule has 0 spiro atoms. The number of piperidine rings is 1. The van der Waals surface area contributed by atoms with Crippen molar-refractivity contribution in [3.05, 3.63) is 0 Å². The second-order valence-corrected chi connectivity index (χ2v) is 4.37. The van der Waals surface area contributed by atoms with Crippen LogP contribution in [-0.4, -0.2) is 48.0 Å². The van der Waals surface area contributed by atoms with E-state index in [-0.39, 0.29) is 0 Å². The average Bonchev–Trinajstić information content (AvgIpc) is 2.06. The third-order valence-corrected chi connectivity index (χ3v) is 3.24. The van der Waals surface area contributed by atoms with Crippen LogP contribution >= 0.6 is 15.9 Å². The standard InChI is InChI=1S/C10H14BrNO2/c11-4-1-10(13)2-5-12(6-3-10)9-7-14-8-9/h9,13H,2-3,5-8H2. The second-order valence-electron chi connectivity index (χ2n) is 3.98. The Hall–Kier alpha value is -0.0800. The molecule has 0 bridgehead atoms. The molecule has 0 aromatic heterocycles. The number of hydrogen-bond donors (Lipinski definition) is 1. The lowest BCUT2D eigenvalue weighted by atomic mass is 9.91. The lowest BCUT2D eigenvalue weighted by Crippen LogP contribution is -2.54. The van der Waals surface area contributed by atoms with Crippen LogP contribution in [0.1, 0.15) is 12.8 Å². The zero-order valence-electron chi connectivity index (χ0n) is 8.00. The Balaban J connectivity index is 1.86. The molecular weight excluding hydrogens is 246 g/mol. The van der Waals surface area contributed by atoms with Crippen molar-refractivity contribution in [1.82, 2.24) is 4.90 Å². The first kappa shape index (κ1) is 10.4. The minimum atomic E-state index is -0.773. The fourth-order valence-corrected chi connectivity index (χ4v) is 2.28. The SMILES string of the molecule is OC1(C#CBr)CCN(C2COC2)CC1. The van der Waals surface area contributed by atoms with E-state index >= 15 is 0 Å². The summed E-state index contributed by atoms with van der Waals surface area (Å²) in [4.78, 5) is 5.00. The van der Waals surface area contributed by atoms with Crippen molar-refractivity contribution in [2.75, 3.05) is 26.3 Å². The van der Waals surface area contributed by atoms with E-state index in [1.807, 2.05) is 0 Å². The summed E-state index contributed by atoms with van der Waals surface area (Å²) < 4.78 is 5.15. The molecule has 2 saturated heterocycles. The molecule has 0 unspecified atom stereocenters. The van der Waals surface area contributed by atoms with E-state index in [2.05, 4.69) is 31.6 Å². The van der Waals surface area contributed by atoms with E-state index in [9.17, 15) is 5.11 Å². The molecule has 4 heteroatoms. The monoisotopic (exact) mass is 259 g/mol. The molecule has 3 nitrogen and oxygen atoms in total. The van der Waals surface area contributed by atoms with Crippen LogP contribution in [0.3, 0.4) is 0 Å². The van der Waals surface area contributed by atoms with Crippen LogP contribution in [0.5, 0.6) is 0 Å². The van der Waals surface area contributed by atoms with Crippen molar-refractivity contribution in [2.24, 2.45) is 0 Å². The molecule has 2 heterocycles. The van der Waals surface area contributed by atoms with Crippen LogP contribution in [0, 0.1) is 10.8 Å². The lowest BCUT2D eigenvalue weighted by Gasteiger charge is -2.42. The predicted molar refractivity (Wildman–Crippen MR) is 57.1 cm³/mol. The summed E-state index contributed by atoms with van der Waals surface area (Å²) in [6, 6.07) is 0.580. The third kappa shape index (κ3) is 2.12. The molecule has 2 aliphatic heterocycles. The topological polar surface area (TPSA) is 32.7 Å². The number of aliphatic hydroxyl groups is 1. The number of halogens is 1. The van der Waals surface area contributed by atoms with Crippen molar-refractivity contribution in [3.63, 3.8) is 0 Å². The summed E-state index contributed by atoms with van der Waals surface area (Å²) in [5.74, 6) is 2.82. The van der Waals surface area contributed by atoms with Gasteiger partial charge in [-0.2, -0.15) is 0 Å². The van der Waals surface area contributed by atoms with Crippen LogP contribution in [0.4, 0.5) is 0 Å². The first-order chi connectivity index (χ1) is 6.73. The van der Waals surface area contributed by atoms with Gasteiger partial charge < -0.3 is 9.84 Å². The van der Waals surface area contributed by atoms with Gasteiger partial charge >= 0.3 is 0 Å². The minimum absolute atomic E-state index is 0.580. The summed E-state index contributed by atoms with van der Waals surface area (Å²) in [5, 5.41) is 10.0. The molecule has 2 aliphatic rings. The van der Waals surface area contributed by atoms with Crippen LogP contribution in [0.2, 0.25) is 0 Å². The summed E-state index contributed by atoms with van der Waals surface area (Å²) in [7, 11) is 0. The quantitative estimate of drug-likeness (QED) is 0.699. The first-order valence-electron chi connectivity index (χ1n) is 4.90. The van der Waals surface area contributed by atoms with Gasteiger partial charge in [-0.1, -0.05) is 5.92 Å². The van der Waals surface area contributed by atoms with E-state index in [4.69, 9.17) is 4.74 Å². The average molecular weight is 260 g/mol. The predicted octanol–water partition coefficient (Wildman–Crippen LogP) is 0.568. The summed E-state index contributed by atoms with van der Waals surface area (Å²) >= 11 is 3.03. The van der Waals surface area contributed by atoms with Crippen molar-refractivity contribution >= 4 is 15.9 Å². The zero-order valence-corrected chi connectivity index (χ0v) is 9.59. The van der Waals surface area contributed by atoms with Crippen molar-refractivity contribution < 1.29 is 9.84 Å². The molecule has 0 saturated carbocycles. The highest BCUT2D eigenvalue weighted by molar-refractivity contribution is 9.12. The number of likely N-dealkylation sites (tertiary alicyclic amines) is 1. The second kappa shape index (κ2) is 4.19. The fraction of sp³-hybridized carbons (Fsp3) is 0.800. The molecule has 0 radical (unpaired) electrons. The van der Waals surface area contributed by atoms with Gasteiger partial charge in [-0.05, 0) is 4.83 Å². The van der Waals surface area contributed by atoms with Gasteiger partial charge in [-0.3, -0.25) is 4.90 Å². The van der Waals surface area contributed by atoms with Gasteiger partial charge in [0.1, 0.15) is 5.60 Å². The van der Waals surface area contributed by atoms with Gasteiger partial charge in [0.25, 0.3) is 0 Å². The number of nitrogens with zero attached hydrogens (tertiary/aromatic N) is 1. The Bertz CT molecular complexity index is 259. The Labute approximate surface area is 92.5 Å². The minimum Gasteiger partial charge on any atom is -0.378 e. The van der Waals surface area contributed by atoms with Crippen LogP contribution in [-0.2, 0) is 4.74 Å². The van der Waals surface area contributed by atoms with Gasteiger partial charge in [-0.15, -0.1) is 0 Å². The van der Waals surface area contributed by atoms with E-state index in [1.54, 1.807) is 0 Å². The molecule has 0 aliphatic carbocycles. The number of rotatable bonds is 1. The van der Waals surface area contributed by atoms with E-state index in [1.165, 1.54) is 0 Å². The summed E-state index contributed by atoms with van der Waals surface area (Å²) in [5.41, 5.74) is -0.773. The van der Waals surface area contributed by atoms with E-state index in [0.29, 0.717) is 6.04 Å². The smallest absolute Gasteiger partial charge is 0.128 e. The molecule has 0 atom stereocenters. The van der Waals surface area contributed by atoms with Crippen LogP contribution in [0.25, 0.3) is 0 Å². The van der Waals surface area contributed by atoms with E-state index < -0.39 is 5.60 Å². The molecular formula is C10H14BrNO2. The van der Waals surface area contributed by atoms with Crippen molar-refractivity contribution in [2.45, 2.75) is 24.5 Å². The zero-order chi connectivity index (χ0) is 10.0. The van der Waals surface area contributed by atoms with Gasteiger partial charge in [0.05, 0.1) is 19.3 Å². The van der Waals surface area contributed by atoms with Gasteiger partial charge in [0, 0.05) is 41.9 Å². The molecule has 0 aromatic rings. The van der Waals surface area contributed by atoms with Gasteiger partial charge in [0.2, 0.25) is 0 Å². The van der Waals surface area contributed by atoms with Crippen molar-refractivity contribution in [3.8, 4) is 10.8 Å². The fourth-order valence-electron chi connectivity index (χ4n) is 1.91. The number of hydrogen-bond acceptors (Lipinski definition) is 3. The molecule has 14 heavy (non-hydrogen) atoms. The van der Waals surface area contributed by atoms with E-state index in [0.717, 1.165) is 39.1 Å². The Morgan fingerprint density at radius 3 is 2.43 bits per heavy atom. The van der Waals surface area contributed by atoms with Crippen LogP contribution in [0.15, 0.2) is 0 Å². The highest BCUT2D eigenvalue weighted by Gasteiger charge is 2.35. The Kier molecular flexibility index (Phi) is 3.13. The molecule has 0 aromatic carbocycles.